The number of nitrogens with one attached hydrogen (secondary N) is 1. The van der Waals surface area contributed by atoms with Crippen molar-refractivity contribution in [1.29, 1.82) is 0 Å². The first-order valence-electron chi connectivity index (χ1n) is 5.50. The van der Waals surface area contributed by atoms with Crippen molar-refractivity contribution in [3.63, 3.8) is 0 Å². The van der Waals surface area contributed by atoms with E-state index in [4.69, 9.17) is 4.74 Å². The molecule has 0 aliphatic heterocycles. The second kappa shape index (κ2) is 6.02. The Bertz CT molecular complexity index is 469. The predicted molar refractivity (Wildman–Crippen MR) is 68.9 cm³/mol. The van der Waals surface area contributed by atoms with Crippen LogP contribution in [-0.2, 0) is 22.1 Å². The van der Waals surface area contributed by atoms with E-state index < -0.39 is 9.84 Å². The zero-order valence-corrected chi connectivity index (χ0v) is 11.3. The molecule has 0 amide bonds. The van der Waals surface area contributed by atoms with Gasteiger partial charge in [0.25, 0.3) is 0 Å². The number of rotatable bonds is 6. The van der Waals surface area contributed by atoms with Gasteiger partial charge in [-0.25, -0.2) is 8.42 Å². The van der Waals surface area contributed by atoms with Gasteiger partial charge in [0.05, 0.1) is 12.9 Å². The standard InChI is InChI=1S/C12H19NO3S/c1-4-13-8-10-5-6-12(16-2)11(7-10)9-17(3,14)15/h5-7,13H,4,8-9H2,1-3H3. The van der Waals surface area contributed by atoms with Crippen molar-refractivity contribution in [2.24, 2.45) is 0 Å². The second-order valence-corrected chi connectivity index (χ2v) is 6.14. The van der Waals surface area contributed by atoms with Crippen LogP contribution in [0.1, 0.15) is 18.1 Å². The molecular weight excluding hydrogens is 238 g/mol. The van der Waals surface area contributed by atoms with Gasteiger partial charge in [-0.3, -0.25) is 0 Å². The average molecular weight is 257 g/mol. The summed E-state index contributed by atoms with van der Waals surface area (Å²) in [6.07, 6.45) is 1.23. The summed E-state index contributed by atoms with van der Waals surface area (Å²) in [7, 11) is -1.50. The minimum atomic E-state index is -3.05. The number of ether oxygens (including phenoxy) is 1. The summed E-state index contributed by atoms with van der Waals surface area (Å²) in [4.78, 5) is 0. The fourth-order valence-corrected chi connectivity index (χ4v) is 2.40. The topological polar surface area (TPSA) is 55.4 Å². The minimum absolute atomic E-state index is 0.0101. The van der Waals surface area contributed by atoms with Crippen LogP contribution in [0, 0.1) is 0 Å². The van der Waals surface area contributed by atoms with E-state index in [1.165, 1.54) is 6.26 Å². The van der Waals surface area contributed by atoms with Crippen LogP contribution in [0.3, 0.4) is 0 Å². The molecule has 96 valence electrons. The average Bonchev–Trinajstić information content (AvgIpc) is 2.24. The quantitative estimate of drug-likeness (QED) is 0.836. The molecule has 0 aliphatic rings. The van der Waals surface area contributed by atoms with E-state index in [2.05, 4.69) is 5.32 Å². The van der Waals surface area contributed by atoms with Gasteiger partial charge in [0.2, 0.25) is 0 Å². The number of hydrogen-bond donors (Lipinski definition) is 1. The number of methoxy groups -OCH3 is 1. The molecule has 0 atom stereocenters. The highest BCUT2D eigenvalue weighted by atomic mass is 32.2. The van der Waals surface area contributed by atoms with Crippen molar-refractivity contribution in [1.82, 2.24) is 5.32 Å². The Morgan fingerprint density at radius 1 is 1.35 bits per heavy atom. The number of sulfone groups is 1. The molecule has 17 heavy (non-hydrogen) atoms. The molecule has 0 aliphatic carbocycles. The first-order chi connectivity index (χ1) is 7.96. The summed E-state index contributed by atoms with van der Waals surface area (Å²) in [5.41, 5.74) is 1.77. The minimum Gasteiger partial charge on any atom is -0.496 e. The Kier molecular flexibility index (Phi) is 4.96. The van der Waals surface area contributed by atoms with Gasteiger partial charge in [-0.15, -0.1) is 0 Å². The normalized spacial score (nSPS) is 11.5. The Balaban J connectivity index is 2.98. The van der Waals surface area contributed by atoms with Gasteiger partial charge in [0.1, 0.15) is 5.75 Å². The fraction of sp³-hybridized carbons (Fsp3) is 0.500. The van der Waals surface area contributed by atoms with Crippen LogP contribution in [0.25, 0.3) is 0 Å². The van der Waals surface area contributed by atoms with Gasteiger partial charge in [-0.05, 0) is 24.2 Å². The lowest BCUT2D eigenvalue weighted by molar-refractivity contribution is 0.410. The van der Waals surface area contributed by atoms with E-state index in [0.29, 0.717) is 11.3 Å². The highest BCUT2D eigenvalue weighted by Crippen LogP contribution is 2.22. The van der Waals surface area contributed by atoms with Crippen molar-refractivity contribution >= 4 is 9.84 Å². The van der Waals surface area contributed by atoms with Gasteiger partial charge in [-0.1, -0.05) is 13.0 Å². The summed E-state index contributed by atoms with van der Waals surface area (Å²) in [6.45, 7) is 3.64. The Labute approximate surface area is 103 Å². The van der Waals surface area contributed by atoms with Gasteiger partial charge < -0.3 is 10.1 Å². The SMILES string of the molecule is CCNCc1ccc(OC)c(CS(C)(=O)=O)c1. The smallest absolute Gasteiger partial charge is 0.151 e. The van der Waals surface area contributed by atoms with E-state index in [1.807, 2.05) is 25.1 Å². The van der Waals surface area contributed by atoms with Crippen LogP contribution in [0.4, 0.5) is 0 Å². The maximum absolute atomic E-state index is 11.3. The maximum atomic E-state index is 11.3. The van der Waals surface area contributed by atoms with Crippen LogP contribution >= 0.6 is 0 Å². The van der Waals surface area contributed by atoms with E-state index in [0.717, 1.165) is 18.7 Å². The predicted octanol–water partition coefficient (Wildman–Crippen LogP) is 1.35. The van der Waals surface area contributed by atoms with Crippen LogP contribution in [0.15, 0.2) is 18.2 Å². The molecule has 4 nitrogen and oxygen atoms in total. The lowest BCUT2D eigenvalue weighted by atomic mass is 10.1. The second-order valence-electron chi connectivity index (χ2n) is 4.00. The molecule has 0 unspecified atom stereocenters. The molecular formula is C12H19NO3S. The highest BCUT2D eigenvalue weighted by molar-refractivity contribution is 7.89. The van der Waals surface area contributed by atoms with Crippen LogP contribution in [0.2, 0.25) is 0 Å². The molecule has 1 N–H and O–H groups in total. The fourth-order valence-electron chi connectivity index (χ4n) is 1.61. The van der Waals surface area contributed by atoms with Gasteiger partial charge in [-0.2, -0.15) is 0 Å². The van der Waals surface area contributed by atoms with Crippen LogP contribution in [0.5, 0.6) is 5.75 Å². The largest absolute Gasteiger partial charge is 0.496 e. The number of benzene rings is 1. The maximum Gasteiger partial charge on any atom is 0.151 e. The zero-order chi connectivity index (χ0) is 12.9. The van der Waals surface area contributed by atoms with Gasteiger partial charge in [0.15, 0.2) is 9.84 Å². The van der Waals surface area contributed by atoms with Crippen molar-refractivity contribution in [2.45, 2.75) is 19.2 Å². The first-order valence-corrected chi connectivity index (χ1v) is 7.56. The van der Waals surface area contributed by atoms with Gasteiger partial charge >= 0.3 is 0 Å². The Morgan fingerprint density at radius 2 is 2.06 bits per heavy atom. The molecule has 0 saturated heterocycles. The molecule has 5 heteroatoms. The molecule has 1 aromatic rings. The van der Waals surface area contributed by atoms with E-state index in [-0.39, 0.29) is 5.75 Å². The summed E-state index contributed by atoms with van der Waals surface area (Å²) in [5.74, 6) is 0.631. The summed E-state index contributed by atoms with van der Waals surface area (Å²) >= 11 is 0. The molecule has 0 radical (unpaired) electrons. The van der Waals surface area contributed by atoms with Crippen molar-refractivity contribution in [3.05, 3.63) is 29.3 Å². The van der Waals surface area contributed by atoms with Crippen molar-refractivity contribution in [2.75, 3.05) is 19.9 Å². The van der Waals surface area contributed by atoms with Crippen molar-refractivity contribution in [3.8, 4) is 5.75 Å². The van der Waals surface area contributed by atoms with Gasteiger partial charge in [0, 0.05) is 18.4 Å². The lowest BCUT2D eigenvalue weighted by Gasteiger charge is -2.10. The van der Waals surface area contributed by atoms with Crippen LogP contribution < -0.4 is 10.1 Å². The van der Waals surface area contributed by atoms with E-state index in [9.17, 15) is 8.42 Å². The van der Waals surface area contributed by atoms with Crippen molar-refractivity contribution < 1.29 is 13.2 Å². The van der Waals surface area contributed by atoms with E-state index >= 15 is 0 Å². The monoisotopic (exact) mass is 257 g/mol. The van der Waals surface area contributed by atoms with Crippen LogP contribution in [-0.4, -0.2) is 28.3 Å². The number of hydrogen-bond acceptors (Lipinski definition) is 4. The third kappa shape index (κ3) is 4.75. The molecule has 0 aromatic heterocycles. The third-order valence-electron chi connectivity index (χ3n) is 2.34. The molecule has 0 fully saturated rings. The third-order valence-corrected chi connectivity index (χ3v) is 3.18. The lowest BCUT2D eigenvalue weighted by Crippen LogP contribution is -2.12. The molecule has 1 rings (SSSR count). The highest BCUT2D eigenvalue weighted by Gasteiger charge is 2.10. The molecule has 0 bridgehead atoms. The Hall–Kier alpha value is -1.07. The molecule has 0 heterocycles. The molecule has 1 aromatic carbocycles. The summed E-state index contributed by atoms with van der Waals surface area (Å²) in [5, 5.41) is 3.20. The molecule has 0 spiro atoms. The Morgan fingerprint density at radius 3 is 2.59 bits per heavy atom. The van der Waals surface area contributed by atoms with E-state index in [1.54, 1.807) is 7.11 Å². The first kappa shape index (κ1) is 14.0. The zero-order valence-electron chi connectivity index (χ0n) is 10.5. The molecule has 0 saturated carbocycles. The summed E-state index contributed by atoms with van der Waals surface area (Å²) < 4.78 is 27.8. The summed E-state index contributed by atoms with van der Waals surface area (Å²) in [6, 6.07) is 5.63.